The van der Waals surface area contributed by atoms with Crippen LogP contribution in [0.5, 0.6) is 0 Å². The van der Waals surface area contributed by atoms with Gasteiger partial charge in [-0.1, -0.05) is 18.5 Å². The van der Waals surface area contributed by atoms with Gasteiger partial charge in [0.25, 0.3) is 0 Å². The Balaban J connectivity index is 2.56. The average Bonchev–Trinajstić information content (AvgIpc) is 3.05. The van der Waals surface area contributed by atoms with Gasteiger partial charge < -0.3 is 10.3 Å². The van der Waals surface area contributed by atoms with Crippen LogP contribution in [0.3, 0.4) is 0 Å². The molecule has 0 spiro atoms. The summed E-state index contributed by atoms with van der Waals surface area (Å²) in [6.07, 6.45) is 2.22. The van der Waals surface area contributed by atoms with Crippen LogP contribution in [0.2, 0.25) is 4.34 Å². The highest BCUT2D eigenvalue weighted by Crippen LogP contribution is 2.32. The van der Waals surface area contributed by atoms with Gasteiger partial charge in [0.2, 0.25) is 0 Å². The summed E-state index contributed by atoms with van der Waals surface area (Å²) in [6.45, 7) is 1.97. The summed E-state index contributed by atoms with van der Waals surface area (Å²) in [5.74, 6) is 0. The molecule has 2 aromatic rings. The van der Waals surface area contributed by atoms with Crippen molar-refractivity contribution in [1.82, 2.24) is 9.55 Å². The lowest BCUT2D eigenvalue weighted by atomic mass is 10.0. The summed E-state index contributed by atoms with van der Waals surface area (Å²) in [5, 5.41) is 18.2. The molecule has 0 fully saturated rings. The van der Waals surface area contributed by atoms with Gasteiger partial charge in [-0.3, -0.25) is 0 Å². The van der Waals surface area contributed by atoms with E-state index in [1.54, 1.807) is 10.6 Å². The molecule has 0 bridgehead atoms. The number of aromatic nitrogens is 2. The number of hydrogen-bond donors (Lipinski definition) is 1. The first-order valence-corrected chi connectivity index (χ1v) is 7.19. The molecule has 7 heteroatoms. The minimum atomic E-state index is -0.248. The van der Waals surface area contributed by atoms with E-state index in [1.165, 1.54) is 17.7 Å². The second-order valence-electron chi connectivity index (χ2n) is 4.23. The Morgan fingerprint density at radius 1 is 1.45 bits per heavy atom. The van der Waals surface area contributed by atoms with Crippen molar-refractivity contribution in [1.29, 1.82) is 10.5 Å². The predicted molar refractivity (Wildman–Crippen MR) is 77.4 cm³/mol. The number of rotatable bonds is 4. The third kappa shape index (κ3) is 2.54. The van der Waals surface area contributed by atoms with Gasteiger partial charge in [0.15, 0.2) is 11.4 Å². The maximum absolute atomic E-state index is 9.25. The van der Waals surface area contributed by atoms with Crippen LogP contribution >= 0.6 is 22.9 Å². The fourth-order valence-corrected chi connectivity index (χ4v) is 3.27. The SMILES string of the molecule is CCC(N)C(c1ccc(Cl)s1)n1cnc(C#N)c1C#N. The van der Waals surface area contributed by atoms with Crippen molar-refractivity contribution < 1.29 is 0 Å². The second kappa shape index (κ2) is 6.06. The summed E-state index contributed by atoms with van der Waals surface area (Å²) < 4.78 is 2.32. The number of nitrogens with zero attached hydrogens (tertiary/aromatic N) is 4. The lowest BCUT2D eigenvalue weighted by Crippen LogP contribution is -2.32. The van der Waals surface area contributed by atoms with E-state index >= 15 is 0 Å². The molecular weight excluding hydrogens is 294 g/mol. The normalized spacial score (nSPS) is 13.4. The average molecular weight is 306 g/mol. The topological polar surface area (TPSA) is 91.4 Å². The van der Waals surface area contributed by atoms with Crippen LogP contribution in [-0.4, -0.2) is 15.6 Å². The van der Waals surface area contributed by atoms with E-state index in [1.807, 2.05) is 25.1 Å². The fraction of sp³-hybridized carbons (Fsp3) is 0.308. The summed E-state index contributed by atoms with van der Waals surface area (Å²) in [7, 11) is 0. The summed E-state index contributed by atoms with van der Waals surface area (Å²) >= 11 is 7.40. The molecular formula is C13H12ClN5S. The zero-order valence-electron chi connectivity index (χ0n) is 10.7. The van der Waals surface area contributed by atoms with Gasteiger partial charge in [-0.2, -0.15) is 10.5 Å². The first-order chi connectivity index (χ1) is 9.62. The third-order valence-electron chi connectivity index (χ3n) is 3.07. The molecule has 2 atom stereocenters. The van der Waals surface area contributed by atoms with Crippen molar-refractivity contribution in [2.75, 3.05) is 0 Å². The molecule has 20 heavy (non-hydrogen) atoms. The lowest BCUT2D eigenvalue weighted by molar-refractivity contribution is 0.462. The molecule has 2 aromatic heterocycles. The Hall–Kier alpha value is -1.86. The third-order valence-corrected chi connectivity index (χ3v) is 4.37. The van der Waals surface area contributed by atoms with Crippen molar-refractivity contribution in [3.63, 3.8) is 0 Å². The van der Waals surface area contributed by atoms with Gasteiger partial charge in [-0.15, -0.1) is 11.3 Å². The van der Waals surface area contributed by atoms with Crippen LogP contribution in [0.15, 0.2) is 18.5 Å². The molecule has 2 unspecified atom stereocenters. The maximum Gasteiger partial charge on any atom is 0.176 e. The van der Waals surface area contributed by atoms with Crippen molar-refractivity contribution >= 4 is 22.9 Å². The molecule has 0 radical (unpaired) electrons. The van der Waals surface area contributed by atoms with Crippen LogP contribution in [0.4, 0.5) is 0 Å². The summed E-state index contributed by atoms with van der Waals surface area (Å²) in [5.41, 5.74) is 6.53. The molecule has 0 aliphatic rings. The minimum Gasteiger partial charge on any atom is -0.326 e. The fourth-order valence-electron chi connectivity index (χ4n) is 2.03. The van der Waals surface area contributed by atoms with E-state index in [4.69, 9.17) is 22.6 Å². The van der Waals surface area contributed by atoms with Crippen LogP contribution in [0, 0.1) is 22.7 Å². The molecule has 102 valence electrons. The van der Waals surface area contributed by atoms with Gasteiger partial charge in [-0.25, -0.2) is 4.98 Å². The Labute approximate surface area is 125 Å². The Morgan fingerprint density at radius 2 is 2.20 bits per heavy atom. The largest absolute Gasteiger partial charge is 0.326 e. The van der Waals surface area contributed by atoms with Crippen molar-refractivity contribution in [2.45, 2.75) is 25.4 Å². The highest BCUT2D eigenvalue weighted by Gasteiger charge is 2.26. The molecule has 2 heterocycles. The zero-order chi connectivity index (χ0) is 14.7. The van der Waals surface area contributed by atoms with Gasteiger partial charge >= 0.3 is 0 Å². The van der Waals surface area contributed by atoms with Crippen LogP contribution in [0.25, 0.3) is 0 Å². The number of nitrogens with two attached hydrogens (primary N) is 1. The monoisotopic (exact) mass is 305 g/mol. The quantitative estimate of drug-likeness (QED) is 0.940. The van der Waals surface area contributed by atoms with Crippen molar-refractivity contribution in [2.24, 2.45) is 5.73 Å². The van der Waals surface area contributed by atoms with E-state index in [0.29, 0.717) is 4.34 Å². The summed E-state index contributed by atoms with van der Waals surface area (Å²) in [4.78, 5) is 4.92. The van der Waals surface area contributed by atoms with E-state index in [-0.39, 0.29) is 23.5 Å². The molecule has 0 aliphatic heterocycles. The van der Waals surface area contributed by atoms with Gasteiger partial charge in [0.05, 0.1) is 16.7 Å². The van der Waals surface area contributed by atoms with Crippen LogP contribution in [-0.2, 0) is 0 Å². The first-order valence-electron chi connectivity index (χ1n) is 6.00. The molecule has 0 aliphatic carbocycles. The van der Waals surface area contributed by atoms with E-state index < -0.39 is 0 Å². The van der Waals surface area contributed by atoms with Crippen LogP contribution in [0.1, 0.15) is 35.7 Å². The molecule has 0 saturated carbocycles. The summed E-state index contributed by atoms with van der Waals surface area (Å²) in [6, 6.07) is 7.18. The van der Waals surface area contributed by atoms with Crippen LogP contribution < -0.4 is 5.73 Å². The number of imidazole rings is 1. The number of nitriles is 2. The molecule has 0 saturated heterocycles. The van der Waals surface area contributed by atoms with Crippen molar-refractivity contribution in [3.8, 4) is 12.1 Å². The molecule has 2 rings (SSSR count). The first kappa shape index (κ1) is 14.5. The molecule has 5 nitrogen and oxygen atoms in total. The lowest BCUT2D eigenvalue weighted by Gasteiger charge is -2.23. The Kier molecular flexibility index (Phi) is 4.41. The zero-order valence-corrected chi connectivity index (χ0v) is 12.3. The maximum atomic E-state index is 9.25. The highest BCUT2D eigenvalue weighted by atomic mass is 35.5. The molecule has 2 N–H and O–H groups in total. The number of hydrogen-bond acceptors (Lipinski definition) is 5. The Bertz CT molecular complexity index is 690. The molecule has 0 amide bonds. The van der Waals surface area contributed by atoms with Crippen molar-refractivity contribution in [3.05, 3.63) is 39.1 Å². The number of thiophene rings is 1. The standard InChI is InChI=1S/C13H12ClN5S/c1-2-8(17)13(11-3-4-12(14)20-11)19-7-18-9(5-15)10(19)6-16/h3-4,7-8,13H,2,17H2,1H3. The van der Waals surface area contributed by atoms with Gasteiger partial charge in [-0.05, 0) is 18.6 Å². The number of halogens is 1. The van der Waals surface area contributed by atoms with Gasteiger partial charge in [0, 0.05) is 10.9 Å². The molecule has 0 aromatic carbocycles. The smallest absolute Gasteiger partial charge is 0.176 e. The minimum absolute atomic E-state index is 0.114. The highest BCUT2D eigenvalue weighted by molar-refractivity contribution is 7.16. The predicted octanol–water partition coefficient (Wildman–Crippen LogP) is 2.67. The van der Waals surface area contributed by atoms with E-state index in [0.717, 1.165) is 11.3 Å². The second-order valence-corrected chi connectivity index (χ2v) is 5.98. The van der Waals surface area contributed by atoms with Gasteiger partial charge in [0.1, 0.15) is 12.1 Å². The van der Waals surface area contributed by atoms with E-state index in [9.17, 15) is 5.26 Å². The Morgan fingerprint density at radius 3 is 2.70 bits per heavy atom. The van der Waals surface area contributed by atoms with E-state index in [2.05, 4.69) is 4.98 Å².